The highest BCUT2D eigenvalue weighted by Crippen LogP contribution is 2.68. The van der Waals surface area contributed by atoms with Crippen LogP contribution >= 0.6 is 11.8 Å². The summed E-state index contributed by atoms with van der Waals surface area (Å²) in [6, 6.07) is 5.24. The average molecular weight is 460 g/mol. The molecule has 8 heteroatoms. The second-order valence-electron chi connectivity index (χ2n) is 9.39. The molecule has 1 spiro atoms. The maximum atomic E-state index is 13.9. The Morgan fingerprint density at radius 3 is 2.53 bits per heavy atom. The fourth-order valence-corrected chi connectivity index (χ4v) is 8.55. The van der Waals surface area contributed by atoms with Crippen LogP contribution in [-0.2, 0) is 14.4 Å². The number of para-hydroxylation sites is 1. The molecule has 3 heterocycles. The van der Waals surface area contributed by atoms with E-state index in [1.807, 2.05) is 32.0 Å². The van der Waals surface area contributed by atoms with Crippen molar-refractivity contribution >= 4 is 35.2 Å². The summed E-state index contributed by atoms with van der Waals surface area (Å²) in [6.45, 7) is 6.49. The van der Waals surface area contributed by atoms with Crippen LogP contribution in [0.4, 0.5) is 5.69 Å². The first-order valence-corrected chi connectivity index (χ1v) is 12.3. The van der Waals surface area contributed by atoms with Gasteiger partial charge in [0, 0.05) is 31.1 Å². The maximum Gasteiger partial charge on any atom is 0.248 e. The highest BCUT2D eigenvalue weighted by molar-refractivity contribution is 8.02. The Hall–Kier alpha value is -2.06. The van der Waals surface area contributed by atoms with E-state index in [2.05, 4.69) is 17.6 Å². The summed E-state index contributed by atoms with van der Waals surface area (Å²) in [5.74, 6) is -1.15. The van der Waals surface area contributed by atoms with Gasteiger partial charge >= 0.3 is 0 Å². The third-order valence-electron chi connectivity index (χ3n) is 7.58. The highest BCUT2D eigenvalue weighted by atomic mass is 32.2. The number of rotatable bonds is 7. The number of carbonyl (C=O) groups is 3. The standard InChI is InChI=1S/C24H33N3O4S/c1-13-8-7-9-14(2)19(13)26-22(30)20-24-15(3)12-16(32-24)17(21(29)25-4)18(24)23(31)27(20)10-5-6-11-28/h7-9,15-18,20,28H,5-6,10-12H2,1-4H3,(H,25,29)(H,26,30)/t15?,16-,17+,18-,20?,24?/m0/s1. The van der Waals surface area contributed by atoms with E-state index < -0.39 is 22.6 Å². The van der Waals surface area contributed by atoms with Crippen molar-refractivity contribution in [3.8, 4) is 0 Å². The number of benzene rings is 1. The number of carbonyl (C=O) groups excluding carboxylic acids is 3. The smallest absolute Gasteiger partial charge is 0.248 e. The number of nitrogens with one attached hydrogen (secondary N) is 2. The van der Waals surface area contributed by atoms with Crippen LogP contribution in [-0.4, -0.2) is 64.0 Å². The van der Waals surface area contributed by atoms with E-state index in [0.717, 1.165) is 23.2 Å². The molecule has 1 aromatic rings. The van der Waals surface area contributed by atoms with E-state index in [1.54, 1.807) is 23.7 Å². The SMILES string of the molecule is CNC(=O)[C@@H]1[C@@H]2CC(C)C3(S2)C(C(=O)Nc2c(C)cccc2C)N(CCCCO)C(=O)[C@H]13. The number of likely N-dealkylation sites (tertiary alicyclic amines) is 1. The van der Waals surface area contributed by atoms with Crippen LogP contribution < -0.4 is 10.6 Å². The second-order valence-corrected chi connectivity index (χ2v) is 10.9. The fraction of sp³-hybridized carbons (Fsp3) is 0.625. The van der Waals surface area contributed by atoms with Crippen molar-refractivity contribution in [3.63, 3.8) is 0 Å². The molecular weight excluding hydrogens is 426 g/mol. The van der Waals surface area contributed by atoms with Gasteiger partial charge in [0.15, 0.2) is 0 Å². The third kappa shape index (κ3) is 3.34. The molecule has 3 aliphatic rings. The van der Waals surface area contributed by atoms with Crippen LogP contribution in [0.1, 0.15) is 37.3 Å². The average Bonchev–Trinajstić information content (AvgIpc) is 3.34. The van der Waals surface area contributed by atoms with Crippen molar-refractivity contribution in [2.45, 2.75) is 56.1 Å². The molecule has 0 radical (unpaired) electrons. The number of nitrogens with zero attached hydrogens (tertiary/aromatic N) is 1. The molecule has 174 valence electrons. The van der Waals surface area contributed by atoms with E-state index >= 15 is 0 Å². The number of unbranched alkanes of at least 4 members (excludes halogenated alkanes) is 1. The van der Waals surface area contributed by atoms with Crippen LogP contribution in [0.15, 0.2) is 18.2 Å². The monoisotopic (exact) mass is 459 g/mol. The number of fused-ring (bicyclic) bond motifs is 1. The van der Waals surface area contributed by atoms with E-state index in [-0.39, 0.29) is 35.5 Å². The van der Waals surface area contributed by atoms with Gasteiger partial charge in [-0.3, -0.25) is 14.4 Å². The van der Waals surface area contributed by atoms with Gasteiger partial charge < -0.3 is 20.6 Å². The summed E-state index contributed by atoms with van der Waals surface area (Å²) in [6.07, 6.45) is 2.01. The summed E-state index contributed by atoms with van der Waals surface area (Å²) in [5, 5.41) is 15.2. The molecule has 3 N–H and O–H groups in total. The molecule has 2 bridgehead atoms. The van der Waals surface area contributed by atoms with Crippen LogP contribution in [0.2, 0.25) is 0 Å². The van der Waals surface area contributed by atoms with Crippen molar-refractivity contribution in [1.82, 2.24) is 10.2 Å². The zero-order valence-electron chi connectivity index (χ0n) is 19.2. The van der Waals surface area contributed by atoms with Gasteiger partial charge in [-0.25, -0.2) is 0 Å². The zero-order chi connectivity index (χ0) is 23.2. The summed E-state index contributed by atoms with van der Waals surface area (Å²) >= 11 is 1.68. The molecule has 7 nitrogen and oxygen atoms in total. The lowest BCUT2D eigenvalue weighted by molar-refractivity contribution is -0.139. The lowest BCUT2D eigenvalue weighted by Crippen LogP contribution is -2.55. The molecule has 3 amide bonds. The zero-order valence-corrected chi connectivity index (χ0v) is 20.0. The first kappa shape index (κ1) is 23.1. The fourth-order valence-electron chi connectivity index (χ4n) is 6.12. The molecule has 3 saturated heterocycles. The number of thioether (sulfide) groups is 1. The van der Waals surface area contributed by atoms with E-state index in [0.29, 0.717) is 19.4 Å². The Morgan fingerprint density at radius 1 is 1.22 bits per heavy atom. The highest BCUT2D eigenvalue weighted by Gasteiger charge is 2.75. The van der Waals surface area contributed by atoms with Gasteiger partial charge in [0.25, 0.3) is 0 Å². The van der Waals surface area contributed by atoms with E-state index in [4.69, 9.17) is 0 Å². The minimum absolute atomic E-state index is 0.0456. The summed E-state index contributed by atoms with van der Waals surface area (Å²) < 4.78 is -0.612. The molecule has 3 aliphatic heterocycles. The third-order valence-corrected chi connectivity index (χ3v) is 9.66. The van der Waals surface area contributed by atoms with Gasteiger partial charge in [0.1, 0.15) is 6.04 Å². The van der Waals surface area contributed by atoms with E-state index in [9.17, 15) is 19.5 Å². The van der Waals surface area contributed by atoms with Crippen LogP contribution in [0.5, 0.6) is 0 Å². The van der Waals surface area contributed by atoms with Gasteiger partial charge in [-0.15, -0.1) is 11.8 Å². The maximum absolute atomic E-state index is 13.9. The lowest BCUT2D eigenvalue weighted by Gasteiger charge is -2.38. The van der Waals surface area contributed by atoms with Crippen LogP contribution in [0.3, 0.4) is 0 Å². The normalized spacial score (nSPS) is 32.8. The summed E-state index contributed by atoms with van der Waals surface area (Å²) in [7, 11) is 1.61. The molecule has 0 aromatic heterocycles. The molecule has 32 heavy (non-hydrogen) atoms. The first-order valence-electron chi connectivity index (χ1n) is 11.5. The number of amides is 3. The minimum Gasteiger partial charge on any atom is -0.396 e. The van der Waals surface area contributed by atoms with Gasteiger partial charge in [0.05, 0.1) is 16.6 Å². The number of aliphatic hydroxyl groups is 1. The number of hydrogen-bond donors (Lipinski definition) is 3. The predicted octanol–water partition coefficient (Wildman–Crippen LogP) is 2.10. The molecular formula is C24H33N3O4S. The molecule has 0 saturated carbocycles. The number of hydrogen-bond acceptors (Lipinski definition) is 5. The summed E-state index contributed by atoms with van der Waals surface area (Å²) in [5.41, 5.74) is 2.74. The van der Waals surface area contributed by atoms with Gasteiger partial charge in [0.2, 0.25) is 17.7 Å². The Labute approximate surface area is 193 Å². The van der Waals surface area contributed by atoms with Crippen LogP contribution in [0, 0.1) is 31.6 Å². The molecule has 3 fully saturated rings. The summed E-state index contributed by atoms with van der Waals surface area (Å²) in [4.78, 5) is 42.1. The first-order chi connectivity index (χ1) is 15.3. The van der Waals surface area contributed by atoms with Crippen molar-refractivity contribution in [2.24, 2.45) is 17.8 Å². The van der Waals surface area contributed by atoms with Crippen molar-refractivity contribution in [2.75, 3.05) is 25.5 Å². The Balaban J connectivity index is 1.74. The molecule has 6 atom stereocenters. The number of aryl methyl sites for hydroxylation is 2. The van der Waals surface area contributed by atoms with Gasteiger partial charge in [-0.2, -0.15) is 0 Å². The van der Waals surface area contributed by atoms with Gasteiger partial charge in [-0.1, -0.05) is 25.1 Å². The van der Waals surface area contributed by atoms with E-state index in [1.165, 1.54) is 0 Å². The lowest BCUT2D eigenvalue weighted by atomic mass is 9.66. The topological polar surface area (TPSA) is 98.7 Å². The quantitative estimate of drug-likeness (QED) is 0.543. The Morgan fingerprint density at radius 2 is 1.91 bits per heavy atom. The Bertz CT molecular complexity index is 918. The number of anilines is 1. The largest absolute Gasteiger partial charge is 0.396 e. The van der Waals surface area contributed by atoms with Crippen molar-refractivity contribution < 1.29 is 19.5 Å². The molecule has 1 aromatic carbocycles. The minimum atomic E-state index is -0.641. The number of aliphatic hydroxyl groups excluding tert-OH is 1. The van der Waals surface area contributed by atoms with Crippen molar-refractivity contribution in [1.29, 1.82) is 0 Å². The molecule has 4 rings (SSSR count). The molecule has 0 aliphatic carbocycles. The van der Waals surface area contributed by atoms with Crippen LogP contribution in [0.25, 0.3) is 0 Å². The second kappa shape index (κ2) is 8.71. The molecule has 3 unspecified atom stereocenters. The Kier molecular flexibility index (Phi) is 6.29. The van der Waals surface area contributed by atoms with Crippen molar-refractivity contribution in [3.05, 3.63) is 29.3 Å². The van der Waals surface area contributed by atoms with Gasteiger partial charge in [-0.05, 0) is 50.2 Å². The predicted molar refractivity (Wildman–Crippen MR) is 125 cm³/mol.